The number of nitrogen functional groups attached to an aromatic ring is 1. The first kappa shape index (κ1) is 24.1. The number of phosphoric ester groups is 1. The normalized spacial score (nSPS) is 14.3. The Morgan fingerprint density at radius 2 is 1.86 bits per heavy atom. The van der Waals surface area contributed by atoms with Crippen molar-refractivity contribution >= 4 is 25.0 Å². The Labute approximate surface area is 208 Å². The molecule has 1 aliphatic heterocycles. The van der Waals surface area contributed by atoms with Gasteiger partial charge in [0.25, 0.3) is 13.6 Å². The Morgan fingerprint density at radius 3 is 2.64 bits per heavy atom. The fourth-order valence-electron chi connectivity index (χ4n) is 4.21. The lowest BCUT2D eigenvalue weighted by Gasteiger charge is -2.14. The van der Waals surface area contributed by atoms with E-state index in [0.29, 0.717) is 17.7 Å². The molecule has 3 heterocycles. The van der Waals surface area contributed by atoms with Crippen molar-refractivity contribution in [2.75, 3.05) is 5.73 Å². The van der Waals surface area contributed by atoms with E-state index in [1.54, 1.807) is 18.2 Å². The molecule has 0 aliphatic carbocycles. The summed E-state index contributed by atoms with van der Waals surface area (Å²) >= 11 is 0. The van der Waals surface area contributed by atoms with Crippen molar-refractivity contribution in [1.29, 1.82) is 0 Å². The van der Waals surface area contributed by atoms with E-state index in [2.05, 4.69) is 52.1 Å². The molecule has 1 aliphatic rings. The molecule has 9 nitrogen and oxygen atoms in total. The van der Waals surface area contributed by atoms with Gasteiger partial charge >= 0.3 is 0 Å². The van der Waals surface area contributed by atoms with Crippen molar-refractivity contribution in [3.8, 4) is 11.3 Å². The number of nitrogens with two attached hydrogens (primary N) is 1. The highest BCUT2D eigenvalue weighted by atomic mass is 31.2. The number of phosphoric acid groups is 1. The summed E-state index contributed by atoms with van der Waals surface area (Å²) in [6.45, 7) is -0.454. The number of fused-ring (bicyclic) bond motifs is 1. The summed E-state index contributed by atoms with van der Waals surface area (Å²) < 4.78 is 22.1. The Morgan fingerprint density at radius 1 is 1.08 bits per heavy atom. The maximum Gasteiger partial charge on any atom is 0.285 e. The second-order valence-electron chi connectivity index (χ2n) is 8.66. The third-order valence-corrected chi connectivity index (χ3v) is 6.52. The number of hydrogen-bond donors (Lipinski definition) is 2. The number of aliphatic imine (C=N–C) groups is 1. The Hall–Kier alpha value is -3.62. The molecular formula is C26H25N4O5P. The lowest BCUT2D eigenvalue weighted by Crippen LogP contribution is -2.38. The molecule has 0 saturated heterocycles. The number of para-hydroxylation sites is 1. The highest BCUT2D eigenvalue weighted by Crippen LogP contribution is 2.31. The van der Waals surface area contributed by atoms with Crippen molar-refractivity contribution in [2.24, 2.45) is 4.99 Å². The van der Waals surface area contributed by atoms with E-state index >= 15 is 0 Å². The quantitative estimate of drug-likeness (QED) is 0.263. The van der Waals surface area contributed by atoms with Crippen LogP contribution in [0.15, 0.2) is 82.4 Å². The van der Waals surface area contributed by atoms with Crippen molar-refractivity contribution in [3.63, 3.8) is 0 Å². The highest BCUT2D eigenvalue weighted by Gasteiger charge is 2.18. The summed E-state index contributed by atoms with van der Waals surface area (Å²) in [6.07, 6.45) is 4.94. The Kier molecular flexibility index (Phi) is 6.80. The smallest absolute Gasteiger partial charge is 0.285 e. The van der Waals surface area contributed by atoms with Crippen LogP contribution >= 0.6 is 7.82 Å². The van der Waals surface area contributed by atoms with Gasteiger partial charge in [-0.15, -0.1) is 0 Å². The van der Waals surface area contributed by atoms with Crippen LogP contribution in [0.1, 0.15) is 28.8 Å². The van der Waals surface area contributed by atoms with E-state index in [1.165, 1.54) is 27.6 Å². The number of rotatable bonds is 9. The van der Waals surface area contributed by atoms with Gasteiger partial charge in [-0.25, -0.2) is 4.57 Å². The predicted molar refractivity (Wildman–Crippen MR) is 132 cm³/mol. The minimum Gasteiger partial charge on any atom is -0.756 e. The van der Waals surface area contributed by atoms with E-state index in [1.807, 2.05) is 6.07 Å². The summed E-state index contributed by atoms with van der Waals surface area (Å²) in [6, 6.07) is 21.9. The van der Waals surface area contributed by atoms with Crippen LogP contribution in [0.2, 0.25) is 0 Å². The van der Waals surface area contributed by atoms with E-state index in [9.17, 15) is 9.46 Å². The van der Waals surface area contributed by atoms with E-state index in [-0.39, 0.29) is 5.82 Å². The molecule has 0 fully saturated rings. The average molecular weight is 504 g/mol. The fourth-order valence-corrected chi connectivity index (χ4v) is 4.48. The molecule has 2 aromatic heterocycles. The molecule has 0 spiro atoms. The molecule has 5 rings (SSSR count). The number of anilines is 1. The Bertz CT molecular complexity index is 1460. The molecule has 0 bridgehead atoms. The van der Waals surface area contributed by atoms with Gasteiger partial charge in [0.15, 0.2) is 12.5 Å². The van der Waals surface area contributed by atoms with Crippen LogP contribution in [0.5, 0.6) is 0 Å². The van der Waals surface area contributed by atoms with Gasteiger partial charge < -0.3 is 14.3 Å². The van der Waals surface area contributed by atoms with Crippen LogP contribution in [0, 0.1) is 0 Å². The zero-order valence-electron chi connectivity index (χ0n) is 19.4. The summed E-state index contributed by atoms with van der Waals surface area (Å²) in [5.41, 5.74) is 13.4. The lowest BCUT2D eigenvalue weighted by molar-refractivity contribution is -0.712. The first-order chi connectivity index (χ1) is 17.3. The highest BCUT2D eigenvalue weighted by molar-refractivity contribution is 7.44. The third kappa shape index (κ3) is 5.78. The number of nitrogens with zero attached hydrogens (tertiary/aromatic N) is 3. The molecule has 4 aromatic rings. The van der Waals surface area contributed by atoms with Crippen molar-refractivity contribution in [3.05, 3.63) is 95.3 Å². The number of pyridine rings is 1. The summed E-state index contributed by atoms with van der Waals surface area (Å²) in [5.74, 6) is 0.661. The van der Waals surface area contributed by atoms with E-state index in [0.717, 1.165) is 36.2 Å². The Balaban J connectivity index is 1.20. The molecule has 3 N–H and O–H groups in total. The standard InChI is InChI=1S/C26H25N4O5P/c27-26-23(5-3-13-30(26)17-34-36(31,32)33)25-16-22(29-35-25)14-19-9-7-18(8-10-19)11-12-21-15-20-4-1-2-6-24(20)28-21/h1-10,13,16,27H,11-12,14-15,17H2,(H2,31,32,33). The first-order valence-electron chi connectivity index (χ1n) is 11.5. The number of benzene rings is 2. The van der Waals surface area contributed by atoms with Crippen LogP contribution in [0.25, 0.3) is 11.3 Å². The van der Waals surface area contributed by atoms with Crippen LogP contribution < -0.4 is 15.2 Å². The van der Waals surface area contributed by atoms with Gasteiger partial charge in [-0.05, 0) is 47.7 Å². The number of hydrogen-bond acceptors (Lipinski definition) is 7. The van der Waals surface area contributed by atoms with Crippen molar-refractivity contribution < 1.29 is 28.0 Å². The fraction of sp³-hybridized carbons (Fsp3) is 0.192. The topological polar surface area (TPSA) is 138 Å². The molecule has 2 aromatic carbocycles. The molecule has 184 valence electrons. The van der Waals surface area contributed by atoms with Gasteiger partial charge in [0.05, 0.1) is 17.6 Å². The first-order valence-corrected chi connectivity index (χ1v) is 13.0. The molecular weight excluding hydrogens is 479 g/mol. The predicted octanol–water partition coefficient (Wildman–Crippen LogP) is 3.50. The molecule has 0 saturated carbocycles. The zero-order chi connectivity index (χ0) is 25.1. The van der Waals surface area contributed by atoms with Crippen LogP contribution in [-0.4, -0.2) is 15.8 Å². The van der Waals surface area contributed by atoms with Gasteiger partial charge in [-0.3, -0.25) is 19.8 Å². The molecule has 36 heavy (non-hydrogen) atoms. The minimum absolute atomic E-state index is 0.216. The number of aryl methyl sites for hydroxylation is 1. The zero-order valence-corrected chi connectivity index (χ0v) is 20.3. The van der Waals surface area contributed by atoms with E-state index < -0.39 is 14.6 Å². The molecule has 0 amide bonds. The van der Waals surface area contributed by atoms with Crippen LogP contribution in [-0.2, 0) is 35.1 Å². The maximum atomic E-state index is 10.9. The average Bonchev–Trinajstić information content (AvgIpc) is 3.49. The molecule has 1 unspecified atom stereocenters. The second kappa shape index (κ2) is 10.2. The molecule has 1 atom stereocenters. The lowest BCUT2D eigenvalue weighted by atomic mass is 10.0. The van der Waals surface area contributed by atoms with Gasteiger partial charge in [0.1, 0.15) is 5.56 Å². The van der Waals surface area contributed by atoms with Crippen LogP contribution in [0.4, 0.5) is 11.5 Å². The van der Waals surface area contributed by atoms with Crippen molar-refractivity contribution in [1.82, 2.24) is 5.16 Å². The van der Waals surface area contributed by atoms with Gasteiger partial charge in [-0.2, -0.15) is 0 Å². The van der Waals surface area contributed by atoms with Gasteiger partial charge in [0, 0.05) is 24.6 Å². The monoisotopic (exact) mass is 504 g/mol. The minimum atomic E-state index is -4.87. The van der Waals surface area contributed by atoms with E-state index in [4.69, 9.17) is 20.1 Å². The third-order valence-electron chi connectivity index (χ3n) is 6.07. The maximum absolute atomic E-state index is 10.9. The largest absolute Gasteiger partial charge is 0.756 e. The molecule has 10 heteroatoms. The van der Waals surface area contributed by atoms with Crippen molar-refractivity contribution in [2.45, 2.75) is 32.4 Å². The second-order valence-corrected chi connectivity index (χ2v) is 9.86. The summed E-state index contributed by atoms with van der Waals surface area (Å²) in [7, 11) is -4.87. The van der Waals surface area contributed by atoms with Crippen LogP contribution in [0.3, 0.4) is 0 Å². The summed E-state index contributed by atoms with van der Waals surface area (Å²) in [5, 5.41) is 4.15. The van der Waals surface area contributed by atoms with Gasteiger partial charge in [0.2, 0.25) is 0 Å². The SMILES string of the molecule is Nc1c(-c2cc(Cc3ccc(CCC4=Nc5ccccc5C4)cc3)no2)ccc[n+]1COP(=O)([O-])O. The number of aromatic nitrogens is 2. The van der Waals surface area contributed by atoms with Gasteiger partial charge in [-0.1, -0.05) is 47.6 Å². The summed E-state index contributed by atoms with van der Waals surface area (Å²) in [4.78, 5) is 24.4. The molecule has 0 radical (unpaired) electrons.